The van der Waals surface area contributed by atoms with E-state index in [9.17, 15) is 9.59 Å². The molecule has 0 spiro atoms. The van der Waals surface area contributed by atoms with Crippen molar-refractivity contribution >= 4 is 17.5 Å². The summed E-state index contributed by atoms with van der Waals surface area (Å²) in [6.07, 6.45) is 7.94. The van der Waals surface area contributed by atoms with E-state index in [0.29, 0.717) is 30.2 Å². The number of benzene rings is 1. The predicted octanol–water partition coefficient (Wildman–Crippen LogP) is 3.87. The Morgan fingerprint density at radius 3 is 2.33 bits per heavy atom. The van der Waals surface area contributed by atoms with E-state index in [2.05, 4.69) is 24.5 Å². The van der Waals surface area contributed by atoms with Crippen LogP contribution in [0, 0.1) is 6.92 Å². The number of carbonyl (C=O) groups excluding carboxylic acids is 2. The summed E-state index contributed by atoms with van der Waals surface area (Å²) in [4.78, 5) is 27.1. The third-order valence-corrected chi connectivity index (χ3v) is 6.09. The average Bonchev–Trinajstić information content (AvgIpc) is 3.13. The van der Waals surface area contributed by atoms with Crippen molar-refractivity contribution in [3.05, 3.63) is 29.3 Å². The Kier molecular flexibility index (Phi) is 6.40. The number of hydrogen-bond donors (Lipinski definition) is 2. The second-order valence-electron chi connectivity index (χ2n) is 8.27. The number of aryl methyl sites for hydroxylation is 1. The van der Waals surface area contributed by atoms with Crippen LogP contribution in [0.2, 0.25) is 0 Å². The van der Waals surface area contributed by atoms with Crippen molar-refractivity contribution in [3.63, 3.8) is 0 Å². The summed E-state index contributed by atoms with van der Waals surface area (Å²) in [7, 11) is 0. The van der Waals surface area contributed by atoms with Gasteiger partial charge in [-0.25, -0.2) is 0 Å². The Morgan fingerprint density at radius 1 is 1.04 bits per heavy atom. The highest BCUT2D eigenvalue weighted by Crippen LogP contribution is 2.23. The molecule has 1 heterocycles. The minimum atomic E-state index is 0.00333. The first-order valence-electron chi connectivity index (χ1n) is 10.4. The molecule has 0 bridgehead atoms. The largest absolute Gasteiger partial charge is 0.376 e. The molecule has 0 radical (unpaired) electrons. The van der Waals surface area contributed by atoms with Crippen molar-refractivity contribution in [1.29, 1.82) is 0 Å². The lowest BCUT2D eigenvalue weighted by Gasteiger charge is -2.39. The van der Waals surface area contributed by atoms with E-state index in [0.717, 1.165) is 36.9 Å². The lowest BCUT2D eigenvalue weighted by atomic mass is 9.97. The van der Waals surface area contributed by atoms with Gasteiger partial charge in [-0.05, 0) is 76.6 Å². The molecule has 1 aromatic carbocycles. The lowest BCUT2D eigenvalue weighted by Crippen LogP contribution is -2.49. The Morgan fingerprint density at radius 2 is 1.70 bits per heavy atom. The van der Waals surface area contributed by atoms with E-state index in [1.165, 1.54) is 19.3 Å². The quantitative estimate of drug-likeness (QED) is 0.826. The normalized spacial score (nSPS) is 23.3. The van der Waals surface area contributed by atoms with E-state index >= 15 is 0 Å². The van der Waals surface area contributed by atoms with Crippen molar-refractivity contribution in [1.82, 2.24) is 10.2 Å². The number of nitrogens with one attached hydrogen (secondary N) is 2. The summed E-state index contributed by atoms with van der Waals surface area (Å²) in [5, 5.41) is 6.39. The van der Waals surface area contributed by atoms with Crippen LogP contribution < -0.4 is 10.6 Å². The van der Waals surface area contributed by atoms with Crippen LogP contribution in [0.1, 0.15) is 74.7 Å². The monoisotopic (exact) mass is 371 g/mol. The summed E-state index contributed by atoms with van der Waals surface area (Å²) in [5.41, 5.74) is 2.59. The molecule has 0 unspecified atom stereocenters. The third kappa shape index (κ3) is 4.82. The van der Waals surface area contributed by atoms with Crippen molar-refractivity contribution < 1.29 is 9.59 Å². The summed E-state index contributed by atoms with van der Waals surface area (Å²) in [6.45, 7) is 6.54. The lowest BCUT2D eigenvalue weighted by molar-refractivity contribution is -0.135. The molecule has 1 saturated carbocycles. The van der Waals surface area contributed by atoms with Gasteiger partial charge in [0.2, 0.25) is 5.91 Å². The first-order chi connectivity index (χ1) is 13.0. The molecule has 2 atom stereocenters. The molecule has 148 valence electrons. The maximum atomic E-state index is 12.7. The van der Waals surface area contributed by atoms with E-state index in [1.54, 1.807) is 0 Å². The van der Waals surface area contributed by atoms with Crippen LogP contribution in [-0.2, 0) is 4.79 Å². The molecule has 2 aliphatic rings. The SMILES string of the molecule is Cc1cc(C(=O)NC2CCCC2)ccc1NCC(=O)N1[C@@H](C)CCC[C@@H]1C. The fourth-order valence-corrected chi connectivity index (χ4v) is 4.52. The maximum absolute atomic E-state index is 12.7. The number of nitrogens with zero attached hydrogens (tertiary/aromatic N) is 1. The van der Waals surface area contributed by atoms with Gasteiger partial charge < -0.3 is 15.5 Å². The molecule has 2 fully saturated rings. The zero-order chi connectivity index (χ0) is 19.4. The van der Waals surface area contributed by atoms with Crippen LogP contribution in [0.5, 0.6) is 0 Å². The minimum Gasteiger partial charge on any atom is -0.376 e. The highest BCUT2D eigenvalue weighted by atomic mass is 16.2. The molecular formula is C22H33N3O2. The summed E-state index contributed by atoms with van der Waals surface area (Å²) in [6, 6.07) is 6.60. The van der Waals surface area contributed by atoms with Crippen LogP contribution >= 0.6 is 0 Å². The van der Waals surface area contributed by atoms with Crippen molar-refractivity contribution in [2.75, 3.05) is 11.9 Å². The Balaban J connectivity index is 1.57. The molecule has 0 aromatic heterocycles. The number of rotatable bonds is 5. The molecule has 5 heteroatoms. The molecule has 5 nitrogen and oxygen atoms in total. The maximum Gasteiger partial charge on any atom is 0.251 e. The number of amides is 2. The Bertz CT molecular complexity index is 672. The molecule has 2 amide bonds. The Hall–Kier alpha value is -2.04. The van der Waals surface area contributed by atoms with Crippen molar-refractivity contribution in [2.45, 2.75) is 83.8 Å². The van der Waals surface area contributed by atoms with Crippen molar-refractivity contribution in [2.24, 2.45) is 0 Å². The van der Waals surface area contributed by atoms with Crippen LogP contribution in [0.3, 0.4) is 0 Å². The first-order valence-corrected chi connectivity index (χ1v) is 10.4. The molecule has 3 rings (SSSR count). The summed E-state index contributed by atoms with van der Waals surface area (Å²) >= 11 is 0. The highest BCUT2D eigenvalue weighted by molar-refractivity contribution is 5.95. The Labute approximate surface area is 162 Å². The molecule has 1 aromatic rings. The van der Waals surface area contributed by atoms with Gasteiger partial charge in [-0.1, -0.05) is 12.8 Å². The average molecular weight is 372 g/mol. The van der Waals surface area contributed by atoms with E-state index < -0.39 is 0 Å². The smallest absolute Gasteiger partial charge is 0.251 e. The van der Waals surface area contributed by atoms with Crippen LogP contribution in [0.25, 0.3) is 0 Å². The number of piperidine rings is 1. The minimum absolute atomic E-state index is 0.00333. The standard InChI is InChI=1S/C22H33N3O2/c1-15-13-18(22(27)24-19-9-4-5-10-19)11-12-20(15)23-14-21(26)25-16(2)7-6-8-17(25)3/h11-13,16-17,19,23H,4-10,14H2,1-3H3,(H,24,27)/t16-,17-/m0/s1. The second kappa shape index (κ2) is 8.77. The van der Waals surface area contributed by atoms with E-state index in [1.807, 2.05) is 30.0 Å². The second-order valence-corrected chi connectivity index (χ2v) is 8.27. The predicted molar refractivity (Wildman–Crippen MR) is 109 cm³/mol. The molecule has 1 saturated heterocycles. The van der Waals surface area contributed by atoms with Gasteiger partial charge in [0.25, 0.3) is 5.91 Å². The van der Waals surface area contributed by atoms with Crippen LogP contribution in [0.4, 0.5) is 5.69 Å². The third-order valence-electron chi connectivity index (χ3n) is 6.09. The summed E-state index contributed by atoms with van der Waals surface area (Å²) < 4.78 is 0. The van der Waals surface area contributed by atoms with Crippen LogP contribution in [-0.4, -0.2) is 41.4 Å². The van der Waals surface area contributed by atoms with Gasteiger partial charge in [0, 0.05) is 29.4 Å². The van der Waals surface area contributed by atoms with Gasteiger partial charge in [0.15, 0.2) is 0 Å². The fraction of sp³-hybridized carbons (Fsp3) is 0.636. The van der Waals surface area contributed by atoms with E-state index in [-0.39, 0.29) is 11.8 Å². The topological polar surface area (TPSA) is 61.4 Å². The van der Waals surface area contributed by atoms with Crippen molar-refractivity contribution in [3.8, 4) is 0 Å². The van der Waals surface area contributed by atoms with Gasteiger partial charge in [-0.2, -0.15) is 0 Å². The number of likely N-dealkylation sites (tertiary alicyclic amines) is 1. The van der Waals surface area contributed by atoms with Gasteiger partial charge in [-0.3, -0.25) is 9.59 Å². The molecular weight excluding hydrogens is 338 g/mol. The number of hydrogen-bond acceptors (Lipinski definition) is 3. The highest BCUT2D eigenvalue weighted by Gasteiger charge is 2.28. The first kappa shape index (κ1) is 19.7. The van der Waals surface area contributed by atoms with Gasteiger partial charge in [0.05, 0.1) is 6.54 Å². The van der Waals surface area contributed by atoms with E-state index in [4.69, 9.17) is 0 Å². The molecule has 1 aliphatic heterocycles. The van der Waals surface area contributed by atoms with Gasteiger partial charge in [0.1, 0.15) is 0 Å². The molecule has 1 aliphatic carbocycles. The number of carbonyl (C=O) groups is 2. The number of anilines is 1. The zero-order valence-electron chi connectivity index (χ0n) is 16.9. The molecule has 27 heavy (non-hydrogen) atoms. The summed E-state index contributed by atoms with van der Waals surface area (Å²) in [5.74, 6) is 0.153. The zero-order valence-corrected chi connectivity index (χ0v) is 16.9. The van der Waals surface area contributed by atoms with Gasteiger partial charge in [-0.15, -0.1) is 0 Å². The molecule has 2 N–H and O–H groups in total. The van der Waals surface area contributed by atoms with Gasteiger partial charge >= 0.3 is 0 Å². The van der Waals surface area contributed by atoms with Crippen LogP contribution in [0.15, 0.2) is 18.2 Å². The fourth-order valence-electron chi connectivity index (χ4n) is 4.52.